The number of aromatic amines is 1. The zero-order valence-corrected chi connectivity index (χ0v) is 10.0. The van der Waals surface area contributed by atoms with Crippen molar-refractivity contribution in [1.29, 1.82) is 0 Å². The minimum Gasteiger partial charge on any atom is -0.394 e. The summed E-state index contributed by atoms with van der Waals surface area (Å²) in [6.07, 6.45) is 2.35. The first kappa shape index (κ1) is 13.2. The molecule has 0 unspecified atom stereocenters. The highest BCUT2D eigenvalue weighted by Crippen LogP contribution is 2.19. The Morgan fingerprint density at radius 2 is 2.37 bits per heavy atom. The number of rotatable bonds is 3. The fourth-order valence-electron chi connectivity index (χ4n) is 2.18. The van der Waals surface area contributed by atoms with Crippen LogP contribution in [0, 0.1) is 10.1 Å². The van der Waals surface area contributed by atoms with Gasteiger partial charge in [-0.2, -0.15) is 0 Å². The number of nitro groups is 1. The van der Waals surface area contributed by atoms with Gasteiger partial charge in [0.1, 0.15) is 5.56 Å². The molecule has 0 bridgehead atoms. The highest BCUT2D eigenvalue weighted by Gasteiger charge is 2.30. The number of aliphatic hydroxyl groups excluding tert-OH is 1. The predicted molar refractivity (Wildman–Crippen MR) is 64.9 cm³/mol. The fraction of sp³-hybridized carbons (Fsp3) is 0.455. The standard InChI is InChI=1S/C11H13N3O5/c15-6-7-2-1-3-13(7)11(17)9-4-8(14(18)19)5-12-10(9)16/h4-5,7,15H,1-3,6H2,(H,12,16)/t7-/m0/s1. The molecular formula is C11H13N3O5. The third-order valence-electron chi connectivity index (χ3n) is 3.18. The van der Waals surface area contributed by atoms with Gasteiger partial charge in [0.2, 0.25) is 0 Å². The van der Waals surface area contributed by atoms with Crippen LogP contribution in [0.1, 0.15) is 23.2 Å². The summed E-state index contributed by atoms with van der Waals surface area (Å²) in [5.74, 6) is -0.582. The lowest BCUT2D eigenvalue weighted by molar-refractivity contribution is -0.385. The highest BCUT2D eigenvalue weighted by atomic mass is 16.6. The van der Waals surface area contributed by atoms with Crippen LogP contribution in [0.3, 0.4) is 0 Å². The van der Waals surface area contributed by atoms with Crippen molar-refractivity contribution in [3.8, 4) is 0 Å². The number of H-pyrrole nitrogens is 1. The number of aromatic nitrogens is 1. The van der Waals surface area contributed by atoms with Crippen molar-refractivity contribution in [3.05, 3.63) is 38.3 Å². The molecule has 8 heteroatoms. The zero-order valence-electron chi connectivity index (χ0n) is 10.0. The number of nitrogens with zero attached hydrogens (tertiary/aromatic N) is 2. The van der Waals surface area contributed by atoms with Gasteiger partial charge in [-0.1, -0.05) is 0 Å². The number of carbonyl (C=O) groups excluding carboxylic acids is 1. The number of hydrogen-bond donors (Lipinski definition) is 2. The number of aliphatic hydroxyl groups is 1. The van der Waals surface area contributed by atoms with E-state index in [-0.39, 0.29) is 23.9 Å². The number of amides is 1. The minimum absolute atomic E-state index is 0.182. The second kappa shape index (κ2) is 5.19. The molecule has 8 nitrogen and oxygen atoms in total. The average Bonchev–Trinajstić information content (AvgIpc) is 2.86. The van der Waals surface area contributed by atoms with Crippen LogP contribution in [0.25, 0.3) is 0 Å². The molecule has 0 aromatic carbocycles. The van der Waals surface area contributed by atoms with Gasteiger partial charge in [0.05, 0.1) is 23.8 Å². The third kappa shape index (κ3) is 2.48. The maximum Gasteiger partial charge on any atom is 0.286 e. The van der Waals surface area contributed by atoms with E-state index < -0.39 is 16.4 Å². The summed E-state index contributed by atoms with van der Waals surface area (Å²) in [5.41, 5.74) is -1.28. The van der Waals surface area contributed by atoms with Crippen LogP contribution in [0.2, 0.25) is 0 Å². The van der Waals surface area contributed by atoms with Crippen LogP contribution in [-0.2, 0) is 0 Å². The molecule has 0 aliphatic carbocycles. The lowest BCUT2D eigenvalue weighted by Gasteiger charge is -2.22. The molecule has 0 radical (unpaired) electrons. The van der Waals surface area contributed by atoms with Crippen molar-refractivity contribution >= 4 is 11.6 Å². The van der Waals surface area contributed by atoms with Crippen LogP contribution in [-0.4, -0.2) is 45.0 Å². The number of pyridine rings is 1. The largest absolute Gasteiger partial charge is 0.394 e. The van der Waals surface area contributed by atoms with Gasteiger partial charge in [0, 0.05) is 12.6 Å². The van der Waals surface area contributed by atoms with Crippen LogP contribution in [0.5, 0.6) is 0 Å². The monoisotopic (exact) mass is 267 g/mol. The normalized spacial score (nSPS) is 18.6. The Kier molecular flexibility index (Phi) is 3.61. The van der Waals surface area contributed by atoms with Gasteiger partial charge in [-0.15, -0.1) is 0 Å². The summed E-state index contributed by atoms with van der Waals surface area (Å²) in [7, 11) is 0. The van der Waals surface area contributed by atoms with Crippen molar-refractivity contribution in [1.82, 2.24) is 9.88 Å². The van der Waals surface area contributed by atoms with Crippen LogP contribution in [0.15, 0.2) is 17.1 Å². The molecule has 102 valence electrons. The molecule has 1 atom stereocenters. The first-order chi connectivity index (χ1) is 9.04. The maximum atomic E-state index is 12.2. The molecule has 1 aliphatic rings. The molecule has 1 fully saturated rings. The Labute approximate surface area is 107 Å². The lowest BCUT2D eigenvalue weighted by atomic mass is 10.2. The summed E-state index contributed by atoms with van der Waals surface area (Å²) < 4.78 is 0. The van der Waals surface area contributed by atoms with E-state index in [1.54, 1.807) is 0 Å². The van der Waals surface area contributed by atoms with Gasteiger partial charge in [-0.05, 0) is 12.8 Å². The molecule has 1 amide bonds. The van der Waals surface area contributed by atoms with Crippen molar-refractivity contribution in [2.24, 2.45) is 0 Å². The fourth-order valence-corrected chi connectivity index (χ4v) is 2.18. The van der Waals surface area contributed by atoms with Gasteiger partial charge < -0.3 is 15.0 Å². The molecule has 2 heterocycles. The summed E-state index contributed by atoms with van der Waals surface area (Å²) in [5, 5.41) is 19.8. The average molecular weight is 267 g/mol. The molecule has 2 rings (SSSR count). The van der Waals surface area contributed by atoms with Crippen molar-refractivity contribution in [2.45, 2.75) is 18.9 Å². The topological polar surface area (TPSA) is 117 Å². The van der Waals surface area contributed by atoms with Crippen LogP contribution in [0.4, 0.5) is 5.69 Å². The summed E-state index contributed by atoms with van der Waals surface area (Å²) in [6, 6.07) is 0.639. The highest BCUT2D eigenvalue weighted by molar-refractivity contribution is 5.94. The Hall–Kier alpha value is -2.22. The first-order valence-corrected chi connectivity index (χ1v) is 5.83. The Morgan fingerprint density at radius 1 is 1.63 bits per heavy atom. The molecule has 1 aliphatic heterocycles. The number of carbonyl (C=O) groups is 1. The van der Waals surface area contributed by atoms with Gasteiger partial charge in [0.15, 0.2) is 0 Å². The molecule has 19 heavy (non-hydrogen) atoms. The third-order valence-corrected chi connectivity index (χ3v) is 3.18. The molecule has 1 aromatic heterocycles. The molecular weight excluding hydrogens is 254 g/mol. The molecule has 1 saturated heterocycles. The van der Waals surface area contributed by atoms with E-state index in [0.717, 1.165) is 18.7 Å². The second-order valence-electron chi connectivity index (χ2n) is 4.33. The number of nitrogens with one attached hydrogen (secondary N) is 1. The number of likely N-dealkylation sites (tertiary alicyclic amines) is 1. The van der Waals surface area contributed by atoms with Crippen LogP contribution < -0.4 is 5.56 Å². The van der Waals surface area contributed by atoms with E-state index in [1.165, 1.54) is 4.90 Å². The Morgan fingerprint density at radius 3 is 3.00 bits per heavy atom. The quantitative estimate of drug-likeness (QED) is 0.585. The van der Waals surface area contributed by atoms with E-state index in [1.807, 2.05) is 0 Å². The van der Waals surface area contributed by atoms with E-state index in [4.69, 9.17) is 5.11 Å². The maximum absolute atomic E-state index is 12.2. The van der Waals surface area contributed by atoms with Gasteiger partial charge >= 0.3 is 0 Å². The van der Waals surface area contributed by atoms with Crippen molar-refractivity contribution in [3.63, 3.8) is 0 Å². The first-order valence-electron chi connectivity index (χ1n) is 5.83. The predicted octanol–water partition coefficient (Wildman–Crippen LogP) is -0.120. The molecule has 2 N–H and O–H groups in total. The van der Waals surface area contributed by atoms with Gasteiger partial charge in [-0.25, -0.2) is 0 Å². The SMILES string of the molecule is O=C(c1cc([N+](=O)[O-])c[nH]c1=O)N1CCC[C@H]1CO. The Balaban J connectivity index is 2.35. The van der Waals surface area contributed by atoms with Gasteiger partial charge in [0.25, 0.3) is 17.2 Å². The van der Waals surface area contributed by atoms with Crippen molar-refractivity contribution in [2.75, 3.05) is 13.2 Å². The molecule has 0 spiro atoms. The smallest absolute Gasteiger partial charge is 0.286 e. The Bertz CT molecular complexity index is 568. The van der Waals surface area contributed by atoms with E-state index >= 15 is 0 Å². The zero-order chi connectivity index (χ0) is 14.0. The number of hydrogen-bond acceptors (Lipinski definition) is 5. The molecule has 1 aromatic rings. The minimum atomic E-state index is -0.680. The van der Waals surface area contributed by atoms with E-state index in [9.17, 15) is 19.7 Å². The van der Waals surface area contributed by atoms with Crippen LogP contribution >= 0.6 is 0 Å². The van der Waals surface area contributed by atoms with Gasteiger partial charge in [-0.3, -0.25) is 19.7 Å². The summed E-state index contributed by atoms with van der Waals surface area (Å²) in [6.45, 7) is 0.255. The van der Waals surface area contributed by atoms with E-state index in [2.05, 4.69) is 4.98 Å². The lowest BCUT2D eigenvalue weighted by Crippen LogP contribution is -2.40. The van der Waals surface area contributed by atoms with Crippen molar-refractivity contribution < 1.29 is 14.8 Å². The molecule has 0 saturated carbocycles. The summed E-state index contributed by atoms with van der Waals surface area (Å²) in [4.78, 5) is 37.3. The van der Waals surface area contributed by atoms with E-state index in [0.29, 0.717) is 13.0 Å². The second-order valence-corrected chi connectivity index (χ2v) is 4.33. The summed E-state index contributed by atoms with van der Waals surface area (Å²) >= 11 is 0.